The smallest absolute Gasteiger partial charge is 0.339 e. The predicted molar refractivity (Wildman–Crippen MR) is 44.7 cm³/mol. The van der Waals surface area contributed by atoms with Crippen molar-refractivity contribution in [1.29, 1.82) is 0 Å². The van der Waals surface area contributed by atoms with Crippen molar-refractivity contribution in [3.05, 3.63) is 29.3 Å². The number of hydrogen-bond donors (Lipinski definition) is 3. The summed E-state index contributed by atoms with van der Waals surface area (Å²) in [6, 6.07) is 5.23. The summed E-state index contributed by atoms with van der Waals surface area (Å²) in [5.41, 5.74) is 0.202. The molecule has 69 valence electrons. The van der Waals surface area contributed by atoms with E-state index in [1.54, 1.807) is 0 Å². The zero-order valence-electron chi connectivity index (χ0n) is 6.82. The summed E-state index contributed by atoms with van der Waals surface area (Å²) in [6.45, 7) is -0.134. The van der Waals surface area contributed by atoms with E-state index in [0.29, 0.717) is 5.56 Å². The quantitative estimate of drug-likeness (QED) is 0.631. The Kier molecular flexibility index (Phi) is 2.87. The molecule has 1 aromatic carbocycles. The van der Waals surface area contributed by atoms with Gasteiger partial charge in [-0.05, 0) is 30.2 Å². The van der Waals surface area contributed by atoms with Gasteiger partial charge in [0, 0.05) is 6.61 Å². The molecule has 3 N–H and O–H groups in total. The number of carboxylic acids is 1. The predicted octanol–water partition coefficient (Wildman–Crippen LogP) is 0.425. The Morgan fingerprint density at radius 1 is 1.46 bits per heavy atom. The highest BCUT2D eigenvalue weighted by Gasteiger charge is 2.11. The third-order valence-corrected chi connectivity index (χ3v) is 1.66. The minimum absolute atomic E-state index is 0.134. The molecule has 0 bridgehead atoms. The van der Waals surface area contributed by atoms with Crippen molar-refractivity contribution in [2.45, 2.75) is 6.42 Å². The maximum absolute atomic E-state index is 10.5. The number of aromatic hydroxyl groups is 1. The third-order valence-electron chi connectivity index (χ3n) is 1.66. The number of aliphatic hydroxyl groups excluding tert-OH is 1. The number of benzene rings is 1. The summed E-state index contributed by atoms with van der Waals surface area (Å²) in [7, 11) is 0. The summed E-state index contributed by atoms with van der Waals surface area (Å²) in [6.07, 6.45) is 0.226. The monoisotopic (exact) mass is 181 g/mol. The van der Waals surface area contributed by atoms with E-state index in [0.717, 1.165) is 0 Å². The van der Waals surface area contributed by atoms with E-state index >= 15 is 0 Å². The minimum atomic E-state index is -1.20. The van der Waals surface area contributed by atoms with Crippen molar-refractivity contribution in [2.24, 2.45) is 0 Å². The Morgan fingerprint density at radius 3 is 2.69 bits per heavy atom. The number of carboxylic acid groups (broad SMARTS) is 1. The van der Waals surface area contributed by atoms with E-state index in [-0.39, 0.29) is 24.3 Å². The highest BCUT2D eigenvalue weighted by Crippen LogP contribution is 2.22. The Balaban J connectivity index is 3.10. The van der Waals surface area contributed by atoms with E-state index in [4.69, 9.17) is 10.2 Å². The summed E-state index contributed by atoms with van der Waals surface area (Å²) in [5.74, 6) is -1.49. The average molecular weight is 181 g/mol. The lowest BCUT2D eigenvalue weighted by atomic mass is 10.1. The van der Waals surface area contributed by atoms with Gasteiger partial charge in [0.1, 0.15) is 11.3 Å². The standard InChI is InChI=1S/C9H9O4/c10-5-4-6-2-1-3-7(8(6)11)9(12)13/h2-3,10-11H,4-5H2,(H,12,13). The first-order valence-corrected chi connectivity index (χ1v) is 3.73. The van der Waals surface area contributed by atoms with Crippen molar-refractivity contribution in [3.63, 3.8) is 0 Å². The Bertz CT molecular complexity index is 319. The summed E-state index contributed by atoms with van der Waals surface area (Å²) >= 11 is 0. The molecule has 4 heteroatoms. The third kappa shape index (κ3) is 1.97. The Morgan fingerprint density at radius 2 is 2.15 bits per heavy atom. The van der Waals surface area contributed by atoms with Crippen LogP contribution in [0.4, 0.5) is 0 Å². The molecule has 0 aromatic heterocycles. The van der Waals surface area contributed by atoms with Gasteiger partial charge in [-0.25, -0.2) is 4.79 Å². The van der Waals surface area contributed by atoms with E-state index in [9.17, 15) is 9.90 Å². The van der Waals surface area contributed by atoms with Crippen molar-refractivity contribution >= 4 is 5.97 Å². The molecule has 0 fully saturated rings. The van der Waals surface area contributed by atoms with Crippen LogP contribution in [0.15, 0.2) is 12.1 Å². The van der Waals surface area contributed by atoms with Crippen LogP contribution < -0.4 is 0 Å². The van der Waals surface area contributed by atoms with Crippen LogP contribution in [0.25, 0.3) is 0 Å². The summed E-state index contributed by atoms with van der Waals surface area (Å²) < 4.78 is 0. The second-order valence-electron chi connectivity index (χ2n) is 2.52. The van der Waals surface area contributed by atoms with Crippen LogP contribution in [0.5, 0.6) is 5.75 Å². The molecule has 0 aliphatic rings. The number of rotatable bonds is 3. The normalized spacial score (nSPS) is 9.92. The van der Waals surface area contributed by atoms with Gasteiger partial charge in [0.15, 0.2) is 0 Å². The fourth-order valence-corrected chi connectivity index (χ4v) is 1.01. The maximum Gasteiger partial charge on any atom is 0.339 e. The summed E-state index contributed by atoms with van der Waals surface area (Å²) in [5, 5.41) is 26.6. The van der Waals surface area contributed by atoms with Crippen LogP contribution in [-0.2, 0) is 6.42 Å². The van der Waals surface area contributed by atoms with Gasteiger partial charge in [-0.3, -0.25) is 0 Å². The van der Waals surface area contributed by atoms with E-state index in [1.807, 2.05) is 0 Å². The number of aliphatic hydroxyl groups is 1. The van der Waals surface area contributed by atoms with Crippen molar-refractivity contribution in [3.8, 4) is 5.75 Å². The van der Waals surface area contributed by atoms with Gasteiger partial charge in [-0.1, -0.05) is 0 Å². The number of aromatic carboxylic acids is 1. The highest BCUT2D eigenvalue weighted by molar-refractivity contribution is 5.91. The zero-order valence-corrected chi connectivity index (χ0v) is 6.82. The lowest BCUT2D eigenvalue weighted by molar-refractivity contribution is 0.0693. The van der Waals surface area contributed by atoms with Gasteiger partial charge in [0.2, 0.25) is 0 Å². The lowest BCUT2D eigenvalue weighted by Crippen LogP contribution is -2.00. The Hall–Kier alpha value is -1.55. The molecule has 1 aromatic rings. The van der Waals surface area contributed by atoms with Crippen LogP contribution in [0.1, 0.15) is 15.9 Å². The highest BCUT2D eigenvalue weighted by atomic mass is 16.4. The van der Waals surface area contributed by atoms with Crippen LogP contribution in [0.3, 0.4) is 0 Å². The molecule has 1 radical (unpaired) electrons. The molecule has 0 heterocycles. The van der Waals surface area contributed by atoms with Crippen molar-refractivity contribution < 1.29 is 20.1 Å². The molecule has 13 heavy (non-hydrogen) atoms. The molecule has 0 spiro atoms. The zero-order chi connectivity index (χ0) is 9.84. The first kappa shape index (κ1) is 9.54. The van der Waals surface area contributed by atoms with Crippen molar-refractivity contribution in [1.82, 2.24) is 0 Å². The molecule has 0 unspecified atom stereocenters. The molecule has 0 atom stereocenters. The molecule has 0 saturated carbocycles. The van der Waals surface area contributed by atoms with E-state index in [2.05, 4.69) is 6.07 Å². The van der Waals surface area contributed by atoms with E-state index in [1.165, 1.54) is 12.1 Å². The minimum Gasteiger partial charge on any atom is -0.507 e. The van der Waals surface area contributed by atoms with Crippen LogP contribution in [0.2, 0.25) is 0 Å². The number of carbonyl (C=O) groups is 1. The van der Waals surface area contributed by atoms with Crippen molar-refractivity contribution in [2.75, 3.05) is 6.61 Å². The number of hydrogen-bond acceptors (Lipinski definition) is 3. The molecule has 0 saturated heterocycles. The molecule has 1 rings (SSSR count). The average Bonchev–Trinajstić information content (AvgIpc) is 2.08. The first-order chi connectivity index (χ1) is 6.16. The van der Waals surface area contributed by atoms with Gasteiger partial charge in [-0.15, -0.1) is 0 Å². The fraction of sp³-hybridized carbons (Fsp3) is 0.222. The van der Waals surface area contributed by atoms with Crippen LogP contribution in [0, 0.1) is 6.07 Å². The van der Waals surface area contributed by atoms with Gasteiger partial charge < -0.3 is 15.3 Å². The van der Waals surface area contributed by atoms with Crippen LogP contribution >= 0.6 is 0 Å². The molecule has 0 aliphatic heterocycles. The number of phenols is 1. The van der Waals surface area contributed by atoms with Gasteiger partial charge in [0.25, 0.3) is 0 Å². The second-order valence-corrected chi connectivity index (χ2v) is 2.52. The van der Waals surface area contributed by atoms with Gasteiger partial charge in [-0.2, -0.15) is 0 Å². The molecule has 0 amide bonds. The largest absolute Gasteiger partial charge is 0.507 e. The van der Waals surface area contributed by atoms with Gasteiger partial charge in [0.05, 0.1) is 0 Å². The lowest BCUT2D eigenvalue weighted by Gasteiger charge is -2.04. The molecule has 0 aliphatic carbocycles. The molecular formula is C9H9O4. The first-order valence-electron chi connectivity index (χ1n) is 3.73. The second kappa shape index (κ2) is 3.91. The SMILES string of the molecule is O=C(O)c1c[c]cc(CCO)c1O. The topological polar surface area (TPSA) is 77.8 Å². The van der Waals surface area contributed by atoms with E-state index < -0.39 is 5.97 Å². The molecule has 4 nitrogen and oxygen atoms in total. The van der Waals surface area contributed by atoms with Gasteiger partial charge >= 0.3 is 5.97 Å². The summed E-state index contributed by atoms with van der Waals surface area (Å²) in [4.78, 5) is 10.5. The molecular weight excluding hydrogens is 172 g/mol. The maximum atomic E-state index is 10.5. The fourth-order valence-electron chi connectivity index (χ4n) is 1.01. The van der Waals surface area contributed by atoms with Crippen LogP contribution in [-0.4, -0.2) is 27.9 Å². The Labute approximate surface area is 75.1 Å².